The average molecular weight is 279 g/mol. The first-order valence-corrected chi connectivity index (χ1v) is 7.78. The maximum absolute atomic E-state index is 11.4. The molecule has 0 radical (unpaired) electrons. The molecule has 0 aliphatic heterocycles. The number of aryl methyl sites for hydroxylation is 1. The minimum absolute atomic E-state index is 0.169. The van der Waals surface area contributed by atoms with Crippen LogP contribution in [0.15, 0.2) is 41.6 Å². The van der Waals surface area contributed by atoms with E-state index in [1.54, 1.807) is 35.1 Å². The van der Waals surface area contributed by atoms with Gasteiger partial charge in [0.25, 0.3) is 0 Å². The van der Waals surface area contributed by atoms with Crippen LogP contribution in [0, 0.1) is 0 Å². The van der Waals surface area contributed by atoms with Gasteiger partial charge in [0.05, 0.1) is 11.1 Å². The smallest absolute Gasteiger partial charge is 0.175 e. The molecular weight excluding hydrogens is 262 g/mol. The molecule has 5 nitrogen and oxygen atoms in total. The standard InChI is InChI=1S/C13H17N3O2S/c1-16-9-10(8-15-16)7-13(14)11-3-5-12(6-4-11)19(2,17)18/h3-6,8-9,13H,7,14H2,1-2H3. The van der Waals surface area contributed by atoms with Crippen LogP contribution < -0.4 is 5.73 Å². The van der Waals surface area contributed by atoms with E-state index >= 15 is 0 Å². The highest BCUT2D eigenvalue weighted by molar-refractivity contribution is 7.90. The fourth-order valence-corrected chi connectivity index (χ4v) is 2.54. The van der Waals surface area contributed by atoms with Crippen molar-refractivity contribution in [1.82, 2.24) is 9.78 Å². The molecular formula is C13H17N3O2S. The second-order valence-corrected chi connectivity index (χ2v) is 6.69. The molecule has 0 bridgehead atoms. The Kier molecular flexibility index (Phi) is 3.73. The molecule has 0 aliphatic rings. The zero-order valence-electron chi connectivity index (χ0n) is 10.9. The molecule has 1 aromatic heterocycles. The Morgan fingerprint density at radius 2 is 1.95 bits per heavy atom. The second kappa shape index (κ2) is 5.14. The molecule has 1 unspecified atom stereocenters. The van der Waals surface area contributed by atoms with E-state index in [-0.39, 0.29) is 6.04 Å². The van der Waals surface area contributed by atoms with E-state index in [0.717, 1.165) is 11.1 Å². The minimum atomic E-state index is -3.15. The lowest BCUT2D eigenvalue weighted by Crippen LogP contribution is -2.13. The normalized spacial score (nSPS) is 13.4. The number of sulfone groups is 1. The zero-order chi connectivity index (χ0) is 14.0. The maximum atomic E-state index is 11.4. The van der Waals surface area contributed by atoms with Gasteiger partial charge in [-0.2, -0.15) is 5.10 Å². The van der Waals surface area contributed by atoms with Gasteiger partial charge in [-0.3, -0.25) is 4.68 Å². The summed E-state index contributed by atoms with van der Waals surface area (Å²) in [6.07, 6.45) is 5.57. The molecule has 1 heterocycles. The highest BCUT2D eigenvalue weighted by Gasteiger charge is 2.11. The molecule has 0 amide bonds. The second-order valence-electron chi connectivity index (χ2n) is 4.67. The topological polar surface area (TPSA) is 78.0 Å². The van der Waals surface area contributed by atoms with Crippen molar-refractivity contribution in [2.24, 2.45) is 12.8 Å². The molecule has 0 spiro atoms. The molecule has 2 N–H and O–H groups in total. The number of nitrogens with zero attached hydrogens (tertiary/aromatic N) is 2. The number of aromatic nitrogens is 2. The van der Waals surface area contributed by atoms with Crippen LogP contribution in [-0.2, 0) is 23.3 Å². The summed E-state index contributed by atoms with van der Waals surface area (Å²) in [7, 11) is -1.30. The quantitative estimate of drug-likeness (QED) is 0.908. The molecule has 2 aromatic rings. The SMILES string of the molecule is Cn1cc(CC(N)c2ccc(S(C)(=O)=O)cc2)cn1. The molecule has 0 fully saturated rings. The summed E-state index contributed by atoms with van der Waals surface area (Å²) in [6, 6.07) is 6.54. The Morgan fingerprint density at radius 1 is 1.32 bits per heavy atom. The van der Waals surface area contributed by atoms with Crippen molar-refractivity contribution in [1.29, 1.82) is 0 Å². The van der Waals surface area contributed by atoms with Crippen molar-refractivity contribution in [2.45, 2.75) is 17.4 Å². The third-order valence-corrected chi connectivity index (χ3v) is 4.08. The summed E-state index contributed by atoms with van der Waals surface area (Å²) in [6.45, 7) is 0. The third kappa shape index (κ3) is 3.42. The van der Waals surface area contributed by atoms with Crippen LogP contribution in [0.5, 0.6) is 0 Å². The van der Waals surface area contributed by atoms with Crippen LogP contribution in [0.2, 0.25) is 0 Å². The maximum Gasteiger partial charge on any atom is 0.175 e. The summed E-state index contributed by atoms with van der Waals surface area (Å²) in [5.41, 5.74) is 8.08. The largest absolute Gasteiger partial charge is 0.324 e. The van der Waals surface area contributed by atoms with Crippen molar-refractivity contribution in [2.75, 3.05) is 6.26 Å². The predicted octanol–water partition coefficient (Wildman–Crippen LogP) is 1.07. The predicted molar refractivity (Wildman–Crippen MR) is 73.4 cm³/mol. The highest BCUT2D eigenvalue weighted by Crippen LogP contribution is 2.18. The Bertz CT molecular complexity index is 659. The summed E-state index contributed by atoms with van der Waals surface area (Å²) in [4.78, 5) is 0.310. The van der Waals surface area contributed by atoms with Crippen molar-refractivity contribution >= 4 is 9.84 Å². The molecule has 0 aliphatic carbocycles. The molecule has 102 valence electrons. The molecule has 0 saturated heterocycles. The van der Waals surface area contributed by atoms with Crippen LogP contribution in [-0.4, -0.2) is 24.5 Å². The Labute approximate surface area is 113 Å². The number of rotatable bonds is 4. The fraction of sp³-hybridized carbons (Fsp3) is 0.308. The number of benzene rings is 1. The van der Waals surface area contributed by atoms with Gasteiger partial charge in [-0.1, -0.05) is 12.1 Å². The van der Waals surface area contributed by atoms with Crippen molar-refractivity contribution in [3.05, 3.63) is 47.8 Å². The summed E-state index contributed by atoms with van der Waals surface area (Å²) in [5, 5.41) is 4.09. The molecule has 19 heavy (non-hydrogen) atoms. The first kappa shape index (κ1) is 13.8. The van der Waals surface area contributed by atoms with E-state index in [1.807, 2.05) is 13.2 Å². The number of nitrogens with two attached hydrogens (primary N) is 1. The van der Waals surface area contributed by atoms with Gasteiger partial charge in [0.15, 0.2) is 9.84 Å². The van der Waals surface area contributed by atoms with Crippen molar-refractivity contribution in [3.8, 4) is 0 Å². The van der Waals surface area contributed by atoms with Crippen LogP contribution in [0.25, 0.3) is 0 Å². The Balaban J connectivity index is 2.14. The van der Waals surface area contributed by atoms with Crippen LogP contribution >= 0.6 is 0 Å². The Hall–Kier alpha value is -1.66. The van der Waals surface area contributed by atoms with E-state index in [4.69, 9.17) is 5.73 Å². The van der Waals surface area contributed by atoms with Gasteiger partial charge in [0, 0.05) is 25.5 Å². The first-order chi connectivity index (χ1) is 8.86. The lowest BCUT2D eigenvalue weighted by atomic mass is 10.0. The van der Waals surface area contributed by atoms with Crippen LogP contribution in [0.1, 0.15) is 17.2 Å². The highest BCUT2D eigenvalue weighted by atomic mass is 32.2. The van der Waals surface area contributed by atoms with Crippen molar-refractivity contribution < 1.29 is 8.42 Å². The van der Waals surface area contributed by atoms with E-state index < -0.39 is 9.84 Å². The number of hydrogen-bond acceptors (Lipinski definition) is 4. The van der Waals surface area contributed by atoms with Crippen LogP contribution in [0.4, 0.5) is 0 Å². The monoisotopic (exact) mass is 279 g/mol. The van der Waals surface area contributed by atoms with E-state index in [0.29, 0.717) is 11.3 Å². The van der Waals surface area contributed by atoms with Gasteiger partial charge >= 0.3 is 0 Å². The van der Waals surface area contributed by atoms with Gasteiger partial charge in [0.1, 0.15) is 0 Å². The lowest BCUT2D eigenvalue weighted by molar-refractivity contribution is 0.601. The molecule has 2 rings (SSSR count). The molecule has 1 aromatic carbocycles. The minimum Gasteiger partial charge on any atom is -0.324 e. The van der Waals surface area contributed by atoms with Gasteiger partial charge < -0.3 is 5.73 Å². The first-order valence-electron chi connectivity index (χ1n) is 5.89. The third-order valence-electron chi connectivity index (χ3n) is 2.95. The fourth-order valence-electron chi connectivity index (χ4n) is 1.91. The summed E-state index contributed by atoms with van der Waals surface area (Å²) >= 11 is 0. The van der Waals surface area contributed by atoms with E-state index in [2.05, 4.69) is 5.10 Å². The van der Waals surface area contributed by atoms with E-state index in [1.165, 1.54) is 6.26 Å². The summed E-state index contributed by atoms with van der Waals surface area (Å²) < 4.78 is 24.5. The van der Waals surface area contributed by atoms with Gasteiger partial charge in [0.2, 0.25) is 0 Å². The number of hydrogen-bond donors (Lipinski definition) is 1. The van der Waals surface area contributed by atoms with Crippen molar-refractivity contribution in [3.63, 3.8) is 0 Å². The molecule has 0 saturated carbocycles. The summed E-state index contributed by atoms with van der Waals surface area (Å²) in [5.74, 6) is 0. The average Bonchev–Trinajstić information content (AvgIpc) is 2.74. The lowest BCUT2D eigenvalue weighted by Gasteiger charge is -2.11. The van der Waals surface area contributed by atoms with Gasteiger partial charge in [-0.25, -0.2) is 8.42 Å². The van der Waals surface area contributed by atoms with E-state index in [9.17, 15) is 8.42 Å². The zero-order valence-corrected chi connectivity index (χ0v) is 11.8. The van der Waals surface area contributed by atoms with Gasteiger partial charge in [-0.05, 0) is 29.7 Å². The molecule has 6 heteroatoms. The Morgan fingerprint density at radius 3 is 2.42 bits per heavy atom. The van der Waals surface area contributed by atoms with Gasteiger partial charge in [-0.15, -0.1) is 0 Å². The molecule has 1 atom stereocenters. The van der Waals surface area contributed by atoms with Crippen LogP contribution in [0.3, 0.4) is 0 Å².